The van der Waals surface area contributed by atoms with Gasteiger partial charge in [0.1, 0.15) is 5.69 Å². The zero-order valence-electron chi connectivity index (χ0n) is 10.9. The van der Waals surface area contributed by atoms with Gasteiger partial charge in [0.05, 0.1) is 6.61 Å². The van der Waals surface area contributed by atoms with Crippen LogP contribution in [0.5, 0.6) is 0 Å². The van der Waals surface area contributed by atoms with Crippen molar-refractivity contribution < 1.29 is 14.3 Å². The Morgan fingerprint density at radius 3 is 2.78 bits per heavy atom. The predicted octanol–water partition coefficient (Wildman–Crippen LogP) is 2.83. The number of carbonyl (C=O) groups excluding carboxylic acids is 2. The fraction of sp³-hybridized carbons (Fsp3) is 0.429. The van der Waals surface area contributed by atoms with Gasteiger partial charge in [-0.2, -0.15) is 0 Å². The molecule has 0 fully saturated rings. The number of carbonyl (C=O) groups is 2. The van der Waals surface area contributed by atoms with Gasteiger partial charge in [-0.25, -0.2) is 4.79 Å². The van der Waals surface area contributed by atoms with E-state index in [0.717, 1.165) is 12.8 Å². The number of hydrogen-bond donors (Lipinski definition) is 0. The quantitative estimate of drug-likeness (QED) is 0.323. The third kappa shape index (κ3) is 3.58. The van der Waals surface area contributed by atoms with Crippen molar-refractivity contribution in [3.05, 3.63) is 36.2 Å². The number of Topliss-reactive ketones (excluding diaryl/α,β-unsaturated/α-hetero) is 1. The smallest absolute Gasteiger partial charge is 0.354 e. The molecule has 0 unspecified atom stereocenters. The summed E-state index contributed by atoms with van der Waals surface area (Å²) >= 11 is 0. The number of allylic oxidation sites excluding steroid dienone is 1. The third-order valence-electron chi connectivity index (χ3n) is 2.59. The van der Waals surface area contributed by atoms with Crippen LogP contribution in [0.1, 0.15) is 47.5 Å². The lowest BCUT2D eigenvalue weighted by atomic mass is 10.2. The summed E-state index contributed by atoms with van der Waals surface area (Å²) in [6.07, 6.45) is 5.29. The van der Waals surface area contributed by atoms with Crippen molar-refractivity contribution >= 4 is 11.8 Å². The van der Waals surface area contributed by atoms with E-state index >= 15 is 0 Å². The van der Waals surface area contributed by atoms with Gasteiger partial charge < -0.3 is 9.30 Å². The number of aryl methyl sites for hydroxylation is 1. The molecule has 0 spiro atoms. The molecule has 0 aliphatic carbocycles. The molecule has 0 atom stereocenters. The van der Waals surface area contributed by atoms with E-state index in [9.17, 15) is 9.59 Å². The summed E-state index contributed by atoms with van der Waals surface area (Å²) in [5.74, 6) is -0.438. The lowest BCUT2D eigenvalue weighted by Crippen LogP contribution is -2.11. The maximum absolute atomic E-state index is 11.8. The maximum atomic E-state index is 11.8. The summed E-state index contributed by atoms with van der Waals surface area (Å²) in [6, 6.07) is 1.59. The van der Waals surface area contributed by atoms with Crippen LogP contribution in [0.4, 0.5) is 0 Å². The van der Waals surface area contributed by atoms with E-state index in [2.05, 4.69) is 6.58 Å². The van der Waals surface area contributed by atoms with Crippen LogP contribution in [-0.4, -0.2) is 22.9 Å². The average molecular weight is 249 g/mol. The van der Waals surface area contributed by atoms with Gasteiger partial charge in [-0.15, -0.1) is 6.58 Å². The van der Waals surface area contributed by atoms with Gasteiger partial charge in [-0.1, -0.05) is 6.08 Å². The van der Waals surface area contributed by atoms with Crippen LogP contribution in [0.2, 0.25) is 0 Å². The number of rotatable bonds is 7. The topological polar surface area (TPSA) is 48.3 Å². The van der Waals surface area contributed by atoms with Gasteiger partial charge in [-0.3, -0.25) is 4.79 Å². The van der Waals surface area contributed by atoms with Gasteiger partial charge in [0.25, 0.3) is 0 Å². The van der Waals surface area contributed by atoms with Crippen LogP contribution in [0, 0.1) is 0 Å². The number of aromatic nitrogens is 1. The first-order valence-corrected chi connectivity index (χ1v) is 6.09. The fourth-order valence-electron chi connectivity index (χ4n) is 1.67. The highest BCUT2D eigenvalue weighted by Gasteiger charge is 2.16. The molecule has 0 N–H and O–H groups in total. The van der Waals surface area contributed by atoms with E-state index in [0.29, 0.717) is 24.4 Å². The molecular weight excluding hydrogens is 230 g/mol. The normalized spacial score (nSPS) is 10.1. The van der Waals surface area contributed by atoms with E-state index in [-0.39, 0.29) is 11.8 Å². The summed E-state index contributed by atoms with van der Waals surface area (Å²) in [5, 5.41) is 0. The van der Waals surface area contributed by atoms with Crippen molar-refractivity contribution in [2.45, 2.75) is 33.2 Å². The molecule has 1 rings (SSSR count). The molecule has 98 valence electrons. The molecule has 0 amide bonds. The lowest BCUT2D eigenvalue weighted by Gasteiger charge is -2.07. The molecule has 0 saturated carbocycles. The first kappa shape index (κ1) is 14.2. The SMILES string of the molecule is C=CCCCn1cc(C(C)=O)cc1C(=O)OCC. The summed E-state index contributed by atoms with van der Waals surface area (Å²) in [6.45, 7) is 7.90. The maximum Gasteiger partial charge on any atom is 0.354 e. The van der Waals surface area contributed by atoms with Crippen LogP contribution in [0.25, 0.3) is 0 Å². The molecule has 1 aromatic rings. The minimum atomic E-state index is -0.386. The van der Waals surface area contributed by atoms with E-state index in [4.69, 9.17) is 4.74 Å². The first-order chi connectivity index (χ1) is 8.60. The molecule has 0 aliphatic rings. The fourth-order valence-corrected chi connectivity index (χ4v) is 1.67. The number of esters is 1. The Hall–Kier alpha value is -1.84. The number of ketones is 1. The molecule has 18 heavy (non-hydrogen) atoms. The standard InChI is InChI=1S/C14H19NO3/c1-4-6-7-8-15-10-12(11(3)16)9-13(15)14(17)18-5-2/h4,9-10H,1,5-8H2,2-3H3. The van der Waals surface area contributed by atoms with Crippen LogP contribution >= 0.6 is 0 Å². The molecule has 0 saturated heterocycles. The molecular formula is C14H19NO3. The highest BCUT2D eigenvalue weighted by Crippen LogP contribution is 2.12. The summed E-state index contributed by atoms with van der Waals surface area (Å²) in [7, 11) is 0. The summed E-state index contributed by atoms with van der Waals surface area (Å²) < 4.78 is 6.75. The molecule has 4 heteroatoms. The second-order valence-corrected chi connectivity index (χ2v) is 4.01. The Bertz CT molecular complexity index is 446. The Morgan fingerprint density at radius 1 is 1.50 bits per heavy atom. The second kappa shape index (κ2) is 6.79. The van der Waals surface area contributed by atoms with Crippen molar-refractivity contribution in [1.82, 2.24) is 4.57 Å². The largest absolute Gasteiger partial charge is 0.461 e. The van der Waals surface area contributed by atoms with E-state index in [1.807, 2.05) is 6.08 Å². The molecule has 0 aromatic carbocycles. The number of nitrogens with zero attached hydrogens (tertiary/aromatic N) is 1. The summed E-state index contributed by atoms with van der Waals surface area (Å²) in [4.78, 5) is 23.1. The molecule has 0 aliphatic heterocycles. The van der Waals surface area contributed by atoms with E-state index in [1.165, 1.54) is 6.92 Å². The Balaban J connectivity index is 2.93. The molecule has 4 nitrogen and oxygen atoms in total. The first-order valence-electron chi connectivity index (χ1n) is 6.09. The zero-order valence-corrected chi connectivity index (χ0v) is 10.9. The van der Waals surface area contributed by atoms with E-state index < -0.39 is 0 Å². The van der Waals surface area contributed by atoms with Gasteiger partial charge >= 0.3 is 5.97 Å². The highest BCUT2D eigenvalue weighted by molar-refractivity contribution is 5.97. The van der Waals surface area contributed by atoms with Crippen molar-refractivity contribution in [2.24, 2.45) is 0 Å². The second-order valence-electron chi connectivity index (χ2n) is 4.01. The predicted molar refractivity (Wildman–Crippen MR) is 69.8 cm³/mol. The van der Waals surface area contributed by atoms with Gasteiger partial charge in [0.15, 0.2) is 5.78 Å². The van der Waals surface area contributed by atoms with E-state index in [1.54, 1.807) is 23.8 Å². The van der Waals surface area contributed by atoms with Crippen LogP contribution in [0.15, 0.2) is 24.9 Å². The Kier molecular flexibility index (Phi) is 5.36. The molecule has 1 aromatic heterocycles. The van der Waals surface area contributed by atoms with Crippen LogP contribution in [0.3, 0.4) is 0 Å². The van der Waals surface area contributed by atoms with Crippen molar-refractivity contribution in [1.29, 1.82) is 0 Å². The van der Waals surface area contributed by atoms with Crippen molar-refractivity contribution in [3.8, 4) is 0 Å². The minimum Gasteiger partial charge on any atom is -0.461 e. The van der Waals surface area contributed by atoms with Gasteiger partial charge in [-0.05, 0) is 32.8 Å². The van der Waals surface area contributed by atoms with Gasteiger partial charge in [0.2, 0.25) is 0 Å². The number of ether oxygens (including phenoxy) is 1. The zero-order chi connectivity index (χ0) is 13.5. The Morgan fingerprint density at radius 2 is 2.22 bits per heavy atom. The lowest BCUT2D eigenvalue weighted by molar-refractivity contribution is 0.0513. The molecule has 0 bridgehead atoms. The monoisotopic (exact) mass is 249 g/mol. The molecule has 0 radical (unpaired) electrons. The van der Waals surface area contributed by atoms with Crippen LogP contribution < -0.4 is 0 Å². The van der Waals surface area contributed by atoms with Crippen molar-refractivity contribution in [3.63, 3.8) is 0 Å². The Labute approximate surface area is 107 Å². The van der Waals surface area contributed by atoms with Crippen LogP contribution in [-0.2, 0) is 11.3 Å². The van der Waals surface area contributed by atoms with Crippen molar-refractivity contribution in [2.75, 3.05) is 6.61 Å². The van der Waals surface area contributed by atoms with Gasteiger partial charge in [0, 0.05) is 18.3 Å². The highest BCUT2D eigenvalue weighted by atomic mass is 16.5. The average Bonchev–Trinajstić information content (AvgIpc) is 2.74. The summed E-state index contributed by atoms with van der Waals surface area (Å²) in [5.41, 5.74) is 0.975. The number of unbranched alkanes of at least 4 members (excludes halogenated alkanes) is 1. The molecule has 1 heterocycles. The number of hydrogen-bond acceptors (Lipinski definition) is 3. The third-order valence-corrected chi connectivity index (χ3v) is 2.59. The minimum absolute atomic E-state index is 0.0528.